The van der Waals surface area contributed by atoms with Crippen LogP contribution >= 0.6 is 10.0 Å². The summed E-state index contributed by atoms with van der Waals surface area (Å²) in [7, 11) is -0.883. The molecule has 0 aliphatic carbocycles. The molecular weight excluding hydrogens is 534 g/mol. The number of hydrogen-bond donors (Lipinski definition) is 2. The lowest BCUT2D eigenvalue weighted by atomic mass is 9.97. The van der Waals surface area contributed by atoms with Crippen molar-refractivity contribution in [2.75, 3.05) is 49.6 Å². The van der Waals surface area contributed by atoms with Gasteiger partial charge in [-0.1, -0.05) is 6.92 Å². The molecule has 3 rings (SSSR count). The molecule has 1 amide bonds. The summed E-state index contributed by atoms with van der Waals surface area (Å²) in [6, 6.07) is 5.24. The maximum Gasteiger partial charge on any atom is 0.266 e. The Labute approximate surface area is 236 Å². The molecule has 0 radical (unpaired) electrons. The highest BCUT2D eigenvalue weighted by Crippen LogP contribution is 2.38. The van der Waals surface area contributed by atoms with E-state index in [-0.39, 0.29) is 10.4 Å². The van der Waals surface area contributed by atoms with Crippen LogP contribution in [0.1, 0.15) is 50.9 Å². The van der Waals surface area contributed by atoms with E-state index in [1.54, 1.807) is 37.0 Å². The maximum absolute atomic E-state index is 13.4. The molecule has 3 heterocycles. The smallest absolute Gasteiger partial charge is 0.266 e. The van der Waals surface area contributed by atoms with Crippen LogP contribution in [-0.4, -0.2) is 81.4 Å². The SMILES string of the molecule is CN=C/C(=C(/C)N)S(=O)NC(=O)c1ccc(-n2ccc(OCCCS(C)(C)C)n2)nc1N1C[C@@H](C)CC1(C)C. The fraction of sp³-hybridized carbons (Fsp3) is 0.556. The van der Waals surface area contributed by atoms with Gasteiger partial charge in [0, 0.05) is 43.3 Å². The number of nitrogens with one attached hydrogen (secondary N) is 1. The Morgan fingerprint density at radius 1 is 1.33 bits per heavy atom. The minimum atomic E-state index is -1.88. The number of anilines is 1. The molecule has 216 valence electrons. The van der Waals surface area contributed by atoms with Crippen LogP contribution in [0.25, 0.3) is 5.82 Å². The molecular formula is C27H43N7O3S2. The standard InChI is InChI=1S/C27H43N7O3S2/c1-19-16-27(3,4)33(18-19)25-21(26(35)32-38(36)22(17-29-5)20(2)28)10-11-23(30-25)34-13-12-24(31-34)37-14-9-15-39(6,7)8/h10-13,17,19H,9,14-16,18,28H2,1-8H3,(H,32,35)/b22-20+,29-17?/t19-,38?/m0/s1. The third kappa shape index (κ3) is 8.07. The van der Waals surface area contributed by atoms with Crippen molar-refractivity contribution in [2.24, 2.45) is 16.6 Å². The zero-order chi connectivity index (χ0) is 29.0. The monoisotopic (exact) mass is 577 g/mol. The van der Waals surface area contributed by atoms with E-state index in [2.05, 4.69) is 59.3 Å². The molecule has 3 N–H and O–H groups in total. The molecule has 1 saturated heterocycles. The average Bonchev–Trinajstić information content (AvgIpc) is 3.41. The first-order valence-electron chi connectivity index (χ1n) is 13.0. The van der Waals surface area contributed by atoms with Crippen molar-refractivity contribution in [3.8, 4) is 11.7 Å². The number of rotatable bonds is 11. The summed E-state index contributed by atoms with van der Waals surface area (Å²) in [4.78, 5) is 24.6. The van der Waals surface area contributed by atoms with E-state index < -0.39 is 26.9 Å². The minimum absolute atomic E-state index is 0.222. The molecule has 0 bridgehead atoms. The topological polar surface area (TPSA) is 128 Å². The van der Waals surface area contributed by atoms with E-state index in [0.717, 1.165) is 25.1 Å². The molecule has 1 fully saturated rings. The van der Waals surface area contributed by atoms with Crippen molar-refractivity contribution in [3.63, 3.8) is 0 Å². The number of carbonyl (C=O) groups is 1. The number of amides is 1. The Morgan fingerprint density at radius 2 is 2.05 bits per heavy atom. The number of aliphatic imine (C=N–C) groups is 1. The second-order valence-corrected chi connectivity index (χ2v) is 17.3. The first-order chi connectivity index (χ1) is 18.2. The van der Waals surface area contributed by atoms with Crippen molar-refractivity contribution in [1.82, 2.24) is 19.5 Å². The third-order valence-corrected chi connectivity index (χ3v) is 9.12. The fourth-order valence-electron chi connectivity index (χ4n) is 4.70. The van der Waals surface area contributed by atoms with Gasteiger partial charge in [-0.2, -0.15) is 0 Å². The lowest BCUT2D eigenvalue weighted by molar-refractivity contribution is 0.0983. The van der Waals surface area contributed by atoms with Crippen LogP contribution in [0, 0.1) is 5.92 Å². The number of nitrogens with two attached hydrogens (primary N) is 1. The van der Waals surface area contributed by atoms with Gasteiger partial charge in [0.25, 0.3) is 5.91 Å². The Balaban J connectivity index is 1.91. The van der Waals surface area contributed by atoms with Crippen molar-refractivity contribution in [2.45, 2.75) is 46.1 Å². The van der Waals surface area contributed by atoms with Gasteiger partial charge in [-0.3, -0.25) is 14.5 Å². The summed E-state index contributed by atoms with van der Waals surface area (Å²) in [5.74, 6) is 2.66. The highest BCUT2D eigenvalue weighted by atomic mass is 32.3. The third-order valence-electron chi connectivity index (χ3n) is 6.40. The fourth-order valence-corrected chi connectivity index (χ4v) is 6.56. The molecule has 39 heavy (non-hydrogen) atoms. The van der Waals surface area contributed by atoms with Gasteiger partial charge in [-0.05, 0) is 76.2 Å². The lowest BCUT2D eigenvalue weighted by Crippen LogP contribution is -2.40. The molecule has 0 saturated carbocycles. The van der Waals surface area contributed by atoms with Gasteiger partial charge in [-0.25, -0.2) is 23.9 Å². The molecule has 10 nitrogen and oxygen atoms in total. The first kappa shape index (κ1) is 30.7. The Morgan fingerprint density at radius 3 is 2.64 bits per heavy atom. The van der Waals surface area contributed by atoms with Crippen LogP contribution in [0.15, 0.2) is 40.0 Å². The second kappa shape index (κ2) is 12.5. The summed E-state index contributed by atoms with van der Waals surface area (Å²) in [6.45, 7) is 9.43. The van der Waals surface area contributed by atoms with E-state index in [1.165, 1.54) is 6.21 Å². The normalized spacial score (nSPS) is 19.2. The van der Waals surface area contributed by atoms with Crippen LogP contribution < -0.4 is 20.1 Å². The quantitative estimate of drug-likeness (QED) is 0.308. The molecule has 2 aromatic heterocycles. The lowest BCUT2D eigenvalue weighted by Gasteiger charge is -2.34. The van der Waals surface area contributed by atoms with Crippen molar-refractivity contribution >= 4 is 39.0 Å². The molecule has 1 aliphatic heterocycles. The van der Waals surface area contributed by atoms with Crippen molar-refractivity contribution < 1.29 is 13.7 Å². The second-order valence-electron chi connectivity index (χ2n) is 11.5. The zero-order valence-corrected chi connectivity index (χ0v) is 26.0. The predicted octanol–water partition coefficient (Wildman–Crippen LogP) is 3.64. The number of hydrogen-bond acceptors (Lipinski definition) is 8. The minimum Gasteiger partial charge on any atom is -0.477 e. The van der Waals surface area contributed by atoms with Gasteiger partial charge in [0.15, 0.2) is 16.8 Å². The summed E-state index contributed by atoms with van der Waals surface area (Å²) in [5.41, 5.74) is 6.29. The molecule has 1 unspecified atom stereocenters. The van der Waals surface area contributed by atoms with E-state index in [9.17, 15) is 9.00 Å². The predicted molar refractivity (Wildman–Crippen MR) is 164 cm³/mol. The molecule has 1 aliphatic rings. The van der Waals surface area contributed by atoms with E-state index in [4.69, 9.17) is 15.5 Å². The highest BCUT2D eigenvalue weighted by Gasteiger charge is 2.39. The van der Waals surface area contributed by atoms with Crippen LogP contribution in [0.3, 0.4) is 0 Å². The highest BCUT2D eigenvalue weighted by molar-refractivity contribution is 8.32. The van der Waals surface area contributed by atoms with Crippen LogP contribution in [-0.2, 0) is 11.0 Å². The van der Waals surface area contributed by atoms with Crippen LogP contribution in [0.4, 0.5) is 5.82 Å². The van der Waals surface area contributed by atoms with E-state index >= 15 is 0 Å². The van der Waals surface area contributed by atoms with Crippen LogP contribution in [0.2, 0.25) is 0 Å². The van der Waals surface area contributed by atoms with Gasteiger partial charge in [0.1, 0.15) is 5.82 Å². The summed E-state index contributed by atoms with van der Waals surface area (Å²) >= 11 is 0. The molecule has 12 heteroatoms. The number of allylic oxidation sites excluding steroid dienone is 2. The number of pyridine rings is 1. The zero-order valence-electron chi connectivity index (χ0n) is 24.4. The van der Waals surface area contributed by atoms with Gasteiger partial charge in [-0.15, -0.1) is 5.10 Å². The van der Waals surface area contributed by atoms with Crippen LogP contribution in [0.5, 0.6) is 5.88 Å². The van der Waals surface area contributed by atoms with E-state index in [1.807, 2.05) is 6.07 Å². The average molecular weight is 578 g/mol. The number of carbonyl (C=O) groups excluding carboxylic acids is 1. The summed E-state index contributed by atoms with van der Waals surface area (Å²) in [6.07, 6.45) is 12.0. The Bertz CT molecular complexity index is 1260. The van der Waals surface area contributed by atoms with Crippen molar-refractivity contribution in [1.29, 1.82) is 0 Å². The Hall–Kier alpha value is -2.86. The largest absolute Gasteiger partial charge is 0.477 e. The Kier molecular flexibility index (Phi) is 9.87. The summed E-state index contributed by atoms with van der Waals surface area (Å²) in [5, 5.41) is 4.56. The summed E-state index contributed by atoms with van der Waals surface area (Å²) < 4.78 is 23.0. The number of nitrogens with zero attached hydrogens (tertiary/aromatic N) is 5. The van der Waals surface area contributed by atoms with E-state index in [0.29, 0.717) is 41.3 Å². The molecule has 0 aromatic carbocycles. The van der Waals surface area contributed by atoms with Gasteiger partial charge >= 0.3 is 0 Å². The van der Waals surface area contributed by atoms with Gasteiger partial charge in [0.2, 0.25) is 5.88 Å². The van der Waals surface area contributed by atoms with Gasteiger partial charge < -0.3 is 15.4 Å². The van der Waals surface area contributed by atoms with Crippen molar-refractivity contribution in [3.05, 3.63) is 40.6 Å². The maximum atomic E-state index is 13.4. The first-order valence-corrected chi connectivity index (χ1v) is 17.1. The van der Waals surface area contributed by atoms with Gasteiger partial charge in [0.05, 0.1) is 17.1 Å². The molecule has 0 spiro atoms. The number of ether oxygens (including phenoxy) is 1. The molecule has 2 aromatic rings. The number of aromatic nitrogens is 3. The molecule has 2 atom stereocenters.